The van der Waals surface area contributed by atoms with Crippen molar-refractivity contribution in [2.75, 3.05) is 11.4 Å². The fourth-order valence-electron chi connectivity index (χ4n) is 4.14. The molecule has 0 aromatic heterocycles. The van der Waals surface area contributed by atoms with Gasteiger partial charge in [-0.1, -0.05) is 74.6 Å². The van der Waals surface area contributed by atoms with Gasteiger partial charge in [-0.25, -0.2) is 0 Å². The van der Waals surface area contributed by atoms with Crippen LogP contribution in [0.25, 0.3) is 0 Å². The van der Waals surface area contributed by atoms with E-state index in [4.69, 9.17) is 0 Å². The highest BCUT2D eigenvalue weighted by atomic mass is 32.2. The van der Waals surface area contributed by atoms with Gasteiger partial charge in [0.05, 0.1) is 10.6 Å². The van der Waals surface area contributed by atoms with Crippen LogP contribution in [0, 0.1) is 5.92 Å². The number of carbonyl (C=O) groups is 1. The average molecular weight is 442 g/mol. The van der Waals surface area contributed by atoms with Crippen molar-refractivity contribution in [3.8, 4) is 0 Å². The topological polar surface area (TPSA) is 78.8 Å². The van der Waals surface area contributed by atoms with E-state index in [2.05, 4.69) is 9.93 Å². The number of carbonyl (C=O) groups excluding carboxylic acids is 1. The van der Waals surface area contributed by atoms with Gasteiger partial charge in [-0.05, 0) is 38.3 Å². The molecule has 2 aliphatic rings. The second kappa shape index (κ2) is 10.6. The van der Waals surface area contributed by atoms with Crippen LogP contribution < -0.4 is 9.73 Å². The van der Waals surface area contributed by atoms with Crippen molar-refractivity contribution in [3.05, 3.63) is 65.1 Å². The van der Waals surface area contributed by atoms with Gasteiger partial charge in [0.2, 0.25) is 0 Å². The predicted octanol–water partition coefficient (Wildman–Crippen LogP) is 4.66. The van der Waals surface area contributed by atoms with E-state index in [1.807, 2.05) is 31.2 Å². The number of nitrogens with zero attached hydrogens (tertiary/aromatic N) is 2. The summed E-state index contributed by atoms with van der Waals surface area (Å²) < 4.78 is 25.3. The summed E-state index contributed by atoms with van der Waals surface area (Å²) in [5, 5.41) is 4.05. The molecule has 1 amide bonds. The number of para-hydroxylation sites is 1. The Morgan fingerprint density at radius 3 is 2.61 bits per heavy atom. The van der Waals surface area contributed by atoms with Crippen molar-refractivity contribution in [2.45, 2.75) is 52.4 Å². The fourth-order valence-corrected chi connectivity index (χ4v) is 5.03. The standard InChI is InChI=1S/C24H31N3O3S/c1-3-5-7-14-20(4-2)31(29,30)26-25-23-21-15-10-11-16-22(21)27(24(23)28)18-17-19-12-8-6-9-13-19/h3-5,7,10-11,14-16,19,26H,6,8-9,12-13,17-18H2,1-2H3/b5-3-,14-7-,20-4+,25-23-. The number of benzene rings is 1. The lowest BCUT2D eigenvalue weighted by molar-refractivity contribution is -0.112. The first-order valence-corrected chi connectivity index (χ1v) is 12.4. The third-order valence-electron chi connectivity index (χ3n) is 5.82. The van der Waals surface area contributed by atoms with Gasteiger partial charge in [0.1, 0.15) is 0 Å². The molecule has 31 heavy (non-hydrogen) atoms. The summed E-state index contributed by atoms with van der Waals surface area (Å²) >= 11 is 0. The Kier molecular flexibility index (Phi) is 7.85. The summed E-state index contributed by atoms with van der Waals surface area (Å²) in [6.45, 7) is 4.12. The van der Waals surface area contributed by atoms with Crippen molar-refractivity contribution < 1.29 is 13.2 Å². The van der Waals surface area contributed by atoms with E-state index < -0.39 is 10.0 Å². The minimum atomic E-state index is -3.88. The summed E-state index contributed by atoms with van der Waals surface area (Å²) in [5.41, 5.74) is 1.58. The summed E-state index contributed by atoms with van der Waals surface area (Å²) in [7, 11) is -3.88. The lowest BCUT2D eigenvalue weighted by Gasteiger charge is -2.24. The molecule has 0 radical (unpaired) electrons. The lowest BCUT2D eigenvalue weighted by Crippen LogP contribution is -2.33. The molecule has 6 nitrogen and oxygen atoms in total. The van der Waals surface area contributed by atoms with Crippen molar-refractivity contribution in [2.24, 2.45) is 11.0 Å². The fraction of sp³-hybridized carbons (Fsp3) is 0.417. The maximum atomic E-state index is 13.1. The highest BCUT2D eigenvalue weighted by Gasteiger charge is 2.34. The van der Waals surface area contributed by atoms with Gasteiger partial charge in [-0.3, -0.25) is 4.79 Å². The number of hydrogen-bond acceptors (Lipinski definition) is 4. The van der Waals surface area contributed by atoms with E-state index in [9.17, 15) is 13.2 Å². The van der Waals surface area contributed by atoms with E-state index in [0.717, 1.165) is 12.1 Å². The Morgan fingerprint density at radius 1 is 1.16 bits per heavy atom. The molecule has 7 heteroatoms. The van der Waals surface area contributed by atoms with Gasteiger partial charge in [-0.2, -0.15) is 18.4 Å². The smallest absolute Gasteiger partial charge is 0.279 e. The maximum Gasteiger partial charge on any atom is 0.279 e. The molecule has 1 aromatic carbocycles. The van der Waals surface area contributed by atoms with Gasteiger partial charge in [0.25, 0.3) is 15.9 Å². The second-order valence-corrected chi connectivity index (χ2v) is 9.56. The number of anilines is 1. The molecule has 1 aromatic rings. The molecular weight excluding hydrogens is 410 g/mol. The van der Waals surface area contributed by atoms with Crippen LogP contribution in [-0.2, 0) is 14.8 Å². The van der Waals surface area contributed by atoms with Crippen LogP contribution in [0.1, 0.15) is 57.9 Å². The predicted molar refractivity (Wildman–Crippen MR) is 126 cm³/mol. The van der Waals surface area contributed by atoms with Crippen LogP contribution in [0.4, 0.5) is 5.69 Å². The van der Waals surface area contributed by atoms with Crippen LogP contribution in [0.15, 0.2) is 64.7 Å². The van der Waals surface area contributed by atoms with E-state index >= 15 is 0 Å². The van der Waals surface area contributed by atoms with Gasteiger partial charge in [0.15, 0.2) is 5.71 Å². The Labute approximate surface area is 185 Å². The number of hydrazone groups is 1. The number of nitrogens with one attached hydrogen (secondary N) is 1. The first-order chi connectivity index (χ1) is 15.0. The van der Waals surface area contributed by atoms with Gasteiger partial charge < -0.3 is 4.90 Å². The van der Waals surface area contributed by atoms with Gasteiger partial charge in [-0.15, -0.1) is 0 Å². The van der Waals surface area contributed by atoms with Crippen LogP contribution in [0.3, 0.4) is 0 Å². The number of allylic oxidation sites excluding steroid dienone is 5. The molecular formula is C24H31N3O3S. The first kappa shape index (κ1) is 23.0. The van der Waals surface area contributed by atoms with Gasteiger partial charge >= 0.3 is 0 Å². The van der Waals surface area contributed by atoms with E-state index in [0.29, 0.717) is 18.0 Å². The molecule has 0 bridgehead atoms. The number of amides is 1. The molecule has 1 fully saturated rings. The van der Waals surface area contributed by atoms with E-state index in [-0.39, 0.29) is 16.5 Å². The maximum absolute atomic E-state index is 13.1. The van der Waals surface area contributed by atoms with Crippen molar-refractivity contribution in [1.82, 2.24) is 4.83 Å². The third-order valence-corrected chi connectivity index (χ3v) is 7.14. The van der Waals surface area contributed by atoms with Gasteiger partial charge in [0, 0.05) is 12.1 Å². The minimum absolute atomic E-state index is 0.0860. The first-order valence-electron chi connectivity index (χ1n) is 10.9. The summed E-state index contributed by atoms with van der Waals surface area (Å²) in [6, 6.07) is 7.42. The van der Waals surface area contributed by atoms with Crippen LogP contribution in [-0.4, -0.2) is 26.6 Å². The molecule has 0 atom stereocenters. The second-order valence-electron chi connectivity index (χ2n) is 7.90. The van der Waals surface area contributed by atoms with Crippen molar-refractivity contribution >= 4 is 27.3 Å². The summed E-state index contributed by atoms with van der Waals surface area (Å²) in [4.78, 5) is 17.2. The Morgan fingerprint density at radius 2 is 1.90 bits per heavy atom. The zero-order chi connectivity index (χ0) is 22.3. The largest absolute Gasteiger partial charge is 0.306 e. The van der Waals surface area contributed by atoms with Crippen molar-refractivity contribution in [3.63, 3.8) is 0 Å². The highest BCUT2D eigenvalue weighted by molar-refractivity contribution is 7.93. The number of rotatable bonds is 8. The molecule has 166 valence electrons. The molecule has 0 spiro atoms. The highest BCUT2D eigenvalue weighted by Crippen LogP contribution is 2.32. The monoisotopic (exact) mass is 441 g/mol. The molecule has 3 rings (SSSR count). The molecule has 1 heterocycles. The molecule has 1 aliphatic heterocycles. The third kappa shape index (κ3) is 5.53. The van der Waals surface area contributed by atoms with E-state index in [1.54, 1.807) is 30.1 Å². The number of sulfonamides is 1. The summed E-state index contributed by atoms with van der Waals surface area (Å²) in [5.74, 6) is 0.389. The Bertz CT molecular complexity index is 1020. The molecule has 0 unspecified atom stereocenters. The average Bonchev–Trinajstić information content (AvgIpc) is 3.05. The SMILES string of the molecule is C\C=C/C=C\C(=C/C)S(=O)(=O)N/N=C1\C(=O)N(CCC2CCCCC2)c2ccccc21. The van der Waals surface area contributed by atoms with E-state index in [1.165, 1.54) is 44.3 Å². The molecule has 1 saturated carbocycles. The molecule has 0 saturated heterocycles. The lowest BCUT2D eigenvalue weighted by atomic mass is 9.87. The summed E-state index contributed by atoms with van der Waals surface area (Å²) in [6.07, 6.45) is 15.4. The zero-order valence-electron chi connectivity index (χ0n) is 18.3. The van der Waals surface area contributed by atoms with Crippen LogP contribution >= 0.6 is 0 Å². The van der Waals surface area contributed by atoms with Crippen molar-refractivity contribution in [1.29, 1.82) is 0 Å². The quantitative estimate of drug-likeness (QED) is 0.471. The normalized spacial score (nSPS) is 19.7. The molecule has 1 aliphatic carbocycles. The minimum Gasteiger partial charge on any atom is -0.306 e. The van der Waals surface area contributed by atoms with Crippen LogP contribution in [0.2, 0.25) is 0 Å². The zero-order valence-corrected chi connectivity index (χ0v) is 19.1. The number of hydrogen-bond donors (Lipinski definition) is 1. The number of fused-ring (bicyclic) bond motifs is 1. The molecule has 1 N–H and O–H groups in total. The van der Waals surface area contributed by atoms with Crippen LogP contribution in [0.5, 0.6) is 0 Å². The Balaban J connectivity index is 1.79. The Hall–Kier alpha value is -2.67.